The fraction of sp³-hybridized carbons (Fsp3) is 0. The minimum Gasteiger partial charge on any atom is -0.322 e. The van der Waals surface area contributed by atoms with Crippen molar-refractivity contribution >= 4 is 43.4 Å². The van der Waals surface area contributed by atoms with Gasteiger partial charge in [0, 0.05) is 16.9 Å². The van der Waals surface area contributed by atoms with Crippen molar-refractivity contribution in [2.75, 3.05) is 10.0 Å². The number of primary sulfonamides is 1. The zero-order valence-electron chi connectivity index (χ0n) is 16.1. The van der Waals surface area contributed by atoms with Crippen molar-refractivity contribution in [3.8, 4) is 0 Å². The van der Waals surface area contributed by atoms with Gasteiger partial charge in [-0.05, 0) is 54.1 Å². The highest BCUT2D eigenvalue weighted by Gasteiger charge is 2.11. The normalized spacial score (nSPS) is 11.9. The van der Waals surface area contributed by atoms with E-state index in [9.17, 15) is 21.6 Å². The fourth-order valence-corrected chi connectivity index (χ4v) is 4.00. The van der Waals surface area contributed by atoms with Crippen LogP contribution in [0.25, 0.3) is 6.08 Å². The molecule has 3 aromatic rings. The second kappa shape index (κ2) is 9.13. The van der Waals surface area contributed by atoms with Crippen LogP contribution < -0.4 is 15.2 Å². The monoisotopic (exact) mass is 457 g/mol. The zero-order chi connectivity index (χ0) is 22.5. The maximum atomic E-state index is 12.4. The van der Waals surface area contributed by atoms with Gasteiger partial charge in [0.1, 0.15) is 0 Å². The molecule has 0 radical (unpaired) electrons. The summed E-state index contributed by atoms with van der Waals surface area (Å²) in [6.45, 7) is 0. The topological polar surface area (TPSA) is 135 Å². The third-order valence-corrected chi connectivity index (χ3v) is 5.99. The van der Waals surface area contributed by atoms with Crippen LogP contribution in [0.15, 0.2) is 89.2 Å². The lowest BCUT2D eigenvalue weighted by atomic mass is 10.2. The standard InChI is InChI=1S/C21H19N3O5S2/c22-31(28,29)20-8-4-7-19(15-20)23-21(25)17-9-11-18(12-10-17)24-30(26,27)14-13-16-5-2-1-3-6-16/h1-15,24H,(H,23,25)(H2,22,28,29). The lowest BCUT2D eigenvalue weighted by Gasteiger charge is -2.08. The maximum absolute atomic E-state index is 12.4. The first-order valence-electron chi connectivity index (χ1n) is 8.93. The van der Waals surface area contributed by atoms with Gasteiger partial charge in [-0.25, -0.2) is 22.0 Å². The van der Waals surface area contributed by atoms with Crippen molar-refractivity contribution in [2.45, 2.75) is 4.90 Å². The molecule has 0 saturated carbocycles. The molecule has 160 valence electrons. The second-order valence-electron chi connectivity index (χ2n) is 6.46. The zero-order valence-corrected chi connectivity index (χ0v) is 17.7. The van der Waals surface area contributed by atoms with E-state index in [2.05, 4.69) is 10.0 Å². The molecule has 1 amide bonds. The van der Waals surface area contributed by atoms with Gasteiger partial charge in [0.25, 0.3) is 15.9 Å². The molecular formula is C21H19N3O5S2. The molecule has 8 nitrogen and oxygen atoms in total. The summed E-state index contributed by atoms with van der Waals surface area (Å²) >= 11 is 0. The molecule has 0 heterocycles. The lowest BCUT2D eigenvalue weighted by Crippen LogP contribution is -2.15. The second-order valence-corrected chi connectivity index (χ2v) is 9.59. The Kier molecular flexibility index (Phi) is 6.54. The third-order valence-electron chi connectivity index (χ3n) is 4.07. The predicted molar refractivity (Wildman–Crippen MR) is 120 cm³/mol. The Balaban J connectivity index is 1.67. The van der Waals surface area contributed by atoms with Gasteiger partial charge in [0.05, 0.1) is 10.3 Å². The van der Waals surface area contributed by atoms with Crippen LogP contribution in [0, 0.1) is 0 Å². The summed E-state index contributed by atoms with van der Waals surface area (Å²) in [6, 6.07) is 20.3. The molecular weight excluding hydrogens is 438 g/mol. The SMILES string of the molecule is NS(=O)(=O)c1cccc(NC(=O)c2ccc(NS(=O)(=O)C=Cc3ccccc3)cc2)c1. The summed E-state index contributed by atoms with van der Waals surface area (Å²) in [4.78, 5) is 12.3. The number of rotatable bonds is 7. The third kappa shape index (κ3) is 6.51. The quantitative estimate of drug-likeness (QED) is 0.501. The molecule has 0 aliphatic carbocycles. The highest BCUT2D eigenvalue weighted by Crippen LogP contribution is 2.17. The number of benzene rings is 3. The highest BCUT2D eigenvalue weighted by molar-refractivity contribution is 7.95. The van der Waals surface area contributed by atoms with Crippen molar-refractivity contribution in [2.24, 2.45) is 5.14 Å². The number of nitrogens with one attached hydrogen (secondary N) is 2. The molecule has 0 aliphatic heterocycles. The van der Waals surface area contributed by atoms with E-state index >= 15 is 0 Å². The number of amides is 1. The van der Waals surface area contributed by atoms with E-state index < -0.39 is 26.0 Å². The van der Waals surface area contributed by atoms with Crippen LogP contribution in [-0.4, -0.2) is 22.7 Å². The van der Waals surface area contributed by atoms with E-state index in [0.717, 1.165) is 11.0 Å². The molecule has 10 heteroatoms. The van der Waals surface area contributed by atoms with Crippen LogP contribution in [0.4, 0.5) is 11.4 Å². The molecule has 0 bridgehead atoms. The first-order valence-corrected chi connectivity index (χ1v) is 12.0. The van der Waals surface area contributed by atoms with Gasteiger partial charge in [-0.1, -0.05) is 36.4 Å². The average molecular weight is 458 g/mol. The van der Waals surface area contributed by atoms with Gasteiger partial charge in [-0.15, -0.1) is 0 Å². The van der Waals surface area contributed by atoms with Gasteiger partial charge in [-0.2, -0.15) is 0 Å². The van der Waals surface area contributed by atoms with Crippen molar-refractivity contribution in [3.63, 3.8) is 0 Å². The smallest absolute Gasteiger partial charge is 0.255 e. The van der Waals surface area contributed by atoms with E-state index in [-0.39, 0.29) is 21.8 Å². The Bertz CT molecular complexity index is 1320. The summed E-state index contributed by atoms with van der Waals surface area (Å²) in [5.41, 5.74) is 1.54. The number of nitrogens with two attached hydrogens (primary N) is 1. The molecule has 0 aliphatic rings. The largest absolute Gasteiger partial charge is 0.322 e. The Morgan fingerprint density at radius 2 is 1.48 bits per heavy atom. The predicted octanol–water partition coefficient (Wildman–Crippen LogP) is 3.00. The Morgan fingerprint density at radius 3 is 2.13 bits per heavy atom. The van der Waals surface area contributed by atoms with Gasteiger partial charge in [-0.3, -0.25) is 9.52 Å². The number of sulfonamides is 2. The van der Waals surface area contributed by atoms with Gasteiger partial charge < -0.3 is 5.32 Å². The molecule has 31 heavy (non-hydrogen) atoms. The Morgan fingerprint density at radius 1 is 0.806 bits per heavy atom. The van der Waals surface area contributed by atoms with Crippen LogP contribution >= 0.6 is 0 Å². The summed E-state index contributed by atoms with van der Waals surface area (Å²) in [5, 5.41) is 8.71. The first kappa shape index (κ1) is 22.2. The molecule has 0 aromatic heterocycles. The number of hydrogen-bond acceptors (Lipinski definition) is 5. The van der Waals surface area contributed by atoms with Crippen LogP contribution in [0.3, 0.4) is 0 Å². The van der Waals surface area contributed by atoms with Crippen molar-refractivity contribution in [3.05, 3.63) is 95.4 Å². The van der Waals surface area contributed by atoms with E-state index in [1.807, 2.05) is 6.07 Å². The molecule has 0 saturated heterocycles. The van der Waals surface area contributed by atoms with Gasteiger partial charge in [0.2, 0.25) is 10.0 Å². The molecule has 0 unspecified atom stereocenters. The Hall–Kier alpha value is -3.47. The van der Waals surface area contributed by atoms with Crippen molar-refractivity contribution in [1.29, 1.82) is 0 Å². The molecule has 3 rings (SSSR count). The van der Waals surface area contributed by atoms with E-state index in [1.165, 1.54) is 54.6 Å². The van der Waals surface area contributed by atoms with E-state index in [1.54, 1.807) is 24.3 Å². The molecule has 3 aromatic carbocycles. The Labute approximate surface area is 180 Å². The van der Waals surface area contributed by atoms with E-state index in [0.29, 0.717) is 0 Å². The first-order chi connectivity index (χ1) is 14.6. The number of carbonyl (C=O) groups excluding carboxylic acids is 1. The maximum Gasteiger partial charge on any atom is 0.255 e. The fourth-order valence-electron chi connectivity index (χ4n) is 2.57. The average Bonchev–Trinajstić information content (AvgIpc) is 2.73. The molecule has 0 atom stereocenters. The van der Waals surface area contributed by atoms with Crippen LogP contribution in [0.1, 0.15) is 15.9 Å². The van der Waals surface area contributed by atoms with Gasteiger partial charge >= 0.3 is 0 Å². The van der Waals surface area contributed by atoms with Crippen LogP contribution in [0.5, 0.6) is 0 Å². The number of hydrogen-bond donors (Lipinski definition) is 3. The summed E-state index contributed by atoms with van der Waals surface area (Å²) in [7, 11) is -7.63. The van der Waals surface area contributed by atoms with Crippen LogP contribution in [-0.2, 0) is 20.0 Å². The minimum absolute atomic E-state index is 0.126. The number of carbonyl (C=O) groups is 1. The van der Waals surface area contributed by atoms with Crippen molar-refractivity contribution < 1.29 is 21.6 Å². The molecule has 0 spiro atoms. The lowest BCUT2D eigenvalue weighted by molar-refractivity contribution is 0.102. The molecule has 0 fully saturated rings. The van der Waals surface area contributed by atoms with E-state index in [4.69, 9.17) is 5.14 Å². The molecule has 4 N–H and O–H groups in total. The summed E-state index contributed by atoms with van der Waals surface area (Å²) < 4.78 is 49.7. The van der Waals surface area contributed by atoms with Crippen molar-refractivity contribution in [1.82, 2.24) is 0 Å². The highest BCUT2D eigenvalue weighted by atomic mass is 32.2. The van der Waals surface area contributed by atoms with Crippen LogP contribution in [0.2, 0.25) is 0 Å². The van der Waals surface area contributed by atoms with Gasteiger partial charge in [0.15, 0.2) is 0 Å². The summed E-state index contributed by atoms with van der Waals surface area (Å²) in [6.07, 6.45) is 1.47. The number of anilines is 2. The summed E-state index contributed by atoms with van der Waals surface area (Å²) in [5.74, 6) is -0.495. The minimum atomic E-state index is -3.89.